The molecule has 1 aromatic carbocycles. The first kappa shape index (κ1) is 18.4. The largest absolute Gasteiger partial charge is 0.350 e. The van der Waals surface area contributed by atoms with Gasteiger partial charge in [-0.1, -0.05) is 18.2 Å². The van der Waals surface area contributed by atoms with Crippen molar-refractivity contribution >= 4 is 16.8 Å². The number of amides is 1. The summed E-state index contributed by atoms with van der Waals surface area (Å²) >= 11 is 0. The van der Waals surface area contributed by atoms with Gasteiger partial charge in [-0.3, -0.25) is 9.59 Å². The SMILES string of the molecule is Cc1ccccc1-n1ncc2c(C3CC3)nn(CC(=O)NC(C)(C)C)c(=O)c21. The number of carbonyl (C=O) groups is 1. The lowest BCUT2D eigenvalue weighted by Crippen LogP contribution is -2.44. The molecule has 2 heterocycles. The summed E-state index contributed by atoms with van der Waals surface area (Å²) in [6.45, 7) is 7.61. The zero-order chi connectivity index (χ0) is 20.1. The van der Waals surface area contributed by atoms with E-state index in [2.05, 4.69) is 15.5 Å². The standard InChI is InChI=1S/C21H25N5O2/c1-13-7-5-6-8-16(13)26-19-15(11-22-26)18(14-9-10-14)24-25(20(19)28)12-17(27)23-21(2,3)4/h5-8,11,14H,9-10,12H2,1-4H3,(H,23,27). The molecule has 146 valence electrons. The van der Waals surface area contributed by atoms with Crippen molar-refractivity contribution in [2.24, 2.45) is 0 Å². The maximum Gasteiger partial charge on any atom is 0.293 e. The molecule has 1 N–H and O–H groups in total. The molecule has 7 nitrogen and oxygen atoms in total. The van der Waals surface area contributed by atoms with Gasteiger partial charge < -0.3 is 5.32 Å². The van der Waals surface area contributed by atoms with Crippen LogP contribution in [-0.4, -0.2) is 31.0 Å². The van der Waals surface area contributed by atoms with E-state index in [4.69, 9.17) is 0 Å². The Bertz CT molecular complexity index is 1120. The van der Waals surface area contributed by atoms with E-state index >= 15 is 0 Å². The summed E-state index contributed by atoms with van der Waals surface area (Å²) in [5, 5.41) is 12.7. The number of aromatic nitrogens is 4. The van der Waals surface area contributed by atoms with Crippen LogP contribution in [0.4, 0.5) is 0 Å². The number of hydrogen-bond acceptors (Lipinski definition) is 4. The smallest absolute Gasteiger partial charge is 0.293 e. The van der Waals surface area contributed by atoms with Crippen molar-refractivity contribution in [1.82, 2.24) is 24.9 Å². The molecule has 0 unspecified atom stereocenters. The number of nitrogens with one attached hydrogen (secondary N) is 1. The molecule has 1 aliphatic carbocycles. The zero-order valence-electron chi connectivity index (χ0n) is 16.7. The summed E-state index contributed by atoms with van der Waals surface area (Å²) in [4.78, 5) is 25.7. The fraction of sp³-hybridized carbons (Fsp3) is 0.429. The van der Waals surface area contributed by atoms with Crippen molar-refractivity contribution in [1.29, 1.82) is 0 Å². The van der Waals surface area contributed by atoms with Crippen LogP contribution in [0.3, 0.4) is 0 Å². The number of rotatable bonds is 4. The first-order valence-corrected chi connectivity index (χ1v) is 9.60. The molecule has 7 heteroatoms. The Morgan fingerprint density at radius 1 is 1.25 bits per heavy atom. The topological polar surface area (TPSA) is 81.8 Å². The zero-order valence-corrected chi connectivity index (χ0v) is 16.7. The second-order valence-corrected chi connectivity index (χ2v) is 8.53. The van der Waals surface area contributed by atoms with Crippen molar-refractivity contribution in [2.45, 2.75) is 58.5 Å². The van der Waals surface area contributed by atoms with Gasteiger partial charge in [-0.2, -0.15) is 10.2 Å². The molecule has 0 saturated heterocycles. The minimum atomic E-state index is -0.368. The average Bonchev–Trinajstić information content (AvgIpc) is 3.35. The summed E-state index contributed by atoms with van der Waals surface area (Å²) in [7, 11) is 0. The Hall–Kier alpha value is -2.96. The van der Waals surface area contributed by atoms with Crippen LogP contribution in [0, 0.1) is 6.92 Å². The Morgan fingerprint density at radius 2 is 1.96 bits per heavy atom. The molecule has 2 aromatic heterocycles. The highest BCUT2D eigenvalue weighted by Gasteiger charge is 2.30. The predicted octanol–water partition coefficient (Wildman–Crippen LogP) is 2.68. The highest BCUT2D eigenvalue weighted by Crippen LogP contribution is 2.41. The first-order chi connectivity index (χ1) is 13.2. The molecular formula is C21H25N5O2. The molecule has 0 spiro atoms. The molecule has 1 fully saturated rings. The average molecular weight is 379 g/mol. The molecule has 4 rings (SSSR count). The molecular weight excluding hydrogens is 354 g/mol. The van der Waals surface area contributed by atoms with Crippen LogP contribution in [0.5, 0.6) is 0 Å². The van der Waals surface area contributed by atoms with Gasteiger partial charge in [-0.05, 0) is 52.2 Å². The van der Waals surface area contributed by atoms with Gasteiger partial charge >= 0.3 is 0 Å². The van der Waals surface area contributed by atoms with Crippen LogP contribution < -0.4 is 10.9 Å². The van der Waals surface area contributed by atoms with Gasteiger partial charge in [-0.15, -0.1) is 0 Å². The van der Waals surface area contributed by atoms with E-state index in [-0.39, 0.29) is 23.6 Å². The second-order valence-electron chi connectivity index (χ2n) is 8.53. The number of hydrogen-bond donors (Lipinski definition) is 1. The molecule has 28 heavy (non-hydrogen) atoms. The minimum Gasteiger partial charge on any atom is -0.350 e. The fourth-order valence-electron chi connectivity index (χ4n) is 3.44. The molecule has 1 amide bonds. The monoisotopic (exact) mass is 379 g/mol. The second kappa shape index (κ2) is 6.58. The van der Waals surface area contributed by atoms with Crippen molar-refractivity contribution in [3.8, 4) is 5.69 Å². The molecule has 0 aliphatic heterocycles. The third-order valence-electron chi connectivity index (χ3n) is 4.83. The van der Waals surface area contributed by atoms with Crippen molar-refractivity contribution in [3.63, 3.8) is 0 Å². The Balaban J connectivity index is 1.87. The van der Waals surface area contributed by atoms with Crippen LogP contribution in [-0.2, 0) is 11.3 Å². The number of benzene rings is 1. The Kier molecular flexibility index (Phi) is 4.33. The quantitative estimate of drug-likeness (QED) is 0.756. The third kappa shape index (κ3) is 3.44. The van der Waals surface area contributed by atoms with E-state index in [1.807, 2.05) is 52.0 Å². The van der Waals surface area contributed by atoms with E-state index in [0.29, 0.717) is 11.4 Å². The molecule has 1 saturated carbocycles. The van der Waals surface area contributed by atoms with Gasteiger partial charge in [0, 0.05) is 16.8 Å². The fourth-order valence-corrected chi connectivity index (χ4v) is 3.44. The number of aryl methyl sites for hydroxylation is 1. The molecule has 3 aromatic rings. The van der Waals surface area contributed by atoms with E-state index in [1.54, 1.807) is 10.9 Å². The van der Waals surface area contributed by atoms with Crippen LogP contribution in [0.1, 0.15) is 50.8 Å². The Morgan fingerprint density at radius 3 is 2.61 bits per heavy atom. The highest BCUT2D eigenvalue weighted by atomic mass is 16.2. The third-order valence-corrected chi connectivity index (χ3v) is 4.83. The molecule has 0 radical (unpaired) electrons. The van der Waals surface area contributed by atoms with Crippen LogP contribution in [0.2, 0.25) is 0 Å². The lowest BCUT2D eigenvalue weighted by atomic mass is 10.1. The van der Waals surface area contributed by atoms with E-state index in [0.717, 1.165) is 35.2 Å². The van der Waals surface area contributed by atoms with E-state index < -0.39 is 0 Å². The van der Waals surface area contributed by atoms with Crippen molar-refractivity contribution < 1.29 is 4.79 Å². The van der Waals surface area contributed by atoms with Gasteiger partial charge in [0.1, 0.15) is 12.1 Å². The van der Waals surface area contributed by atoms with E-state index in [1.165, 1.54) is 4.68 Å². The lowest BCUT2D eigenvalue weighted by Gasteiger charge is -2.20. The van der Waals surface area contributed by atoms with Gasteiger partial charge in [0.15, 0.2) is 0 Å². The molecule has 0 bridgehead atoms. The number of para-hydroxylation sites is 1. The maximum absolute atomic E-state index is 13.3. The van der Waals surface area contributed by atoms with Gasteiger partial charge in [0.25, 0.3) is 5.56 Å². The Labute approximate surface area is 163 Å². The minimum absolute atomic E-state index is 0.106. The summed E-state index contributed by atoms with van der Waals surface area (Å²) in [5.41, 5.74) is 2.55. The van der Waals surface area contributed by atoms with Crippen LogP contribution >= 0.6 is 0 Å². The van der Waals surface area contributed by atoms with Gasteiger partial charge in [0.05, 0.1) is 17.6 Å². The highest BCUT2D eigenvalue weighted by molar-refractivity contribution is 5.83. The molecule has 1 aliphatic rings. The summed E-state index contributed by atoms with van der Waals surface area (Å²) in [6, 6.07) is 7.81. The van der Waals surface area contributed by atoms with Gasteiger partial charge in [-0.25, -0.2) is 9.36 Å². The van der Waals surface area contributed by atoms with Crippen molar-refractivity contribution in [3.05, 3.63) is 52.1 Å². The van der Waals surface area contributed by atoms with Crippen molar-refractivity contribution in [2.75, 3.05) is 0 Å². The van der Waals surface area contributed by atoms with Crippen LogP contribution in [0.15, 0.2) is 35.3 Å². The summed E-state index contributed by atoms with van der Waals surface area (Å²) in [6.07, 6.45) is 3.82. The lowest BCUT2D eigenvalue weighted by molar-refractivity contribution is -0.123. The normalized spacial score (nSPS) is 14.4. The predicted molar refractivity (Wildman–Crippen MR) is 108 cm³/mol. The molecule has 0 atom stereocenters. The number of fused-ring (bicyclic) bond motifs is 1. The summed E-state index contributed by atoms with van der Waals surface area (Å²) < 4.78 is 2.96. The summed E-state index contributed by atoms with van der Waals surface area (Å²) in [5.74, 6) is 0.0969. The number of carbonyl (C=O) groups excluding carboxylic acids is 1. The van der Waals surface area contributed by atoms with Gasteiger partial charge in [0.2, 0.25) is 5.91 Å². The van der Waals surface area contributed by atoms with Crippen LogP contribution in [0.25, 0.3) is 16.6 Å². The first-order valence-electron chi connectivity index (χ1n) is 9.60. The number of nitrogens with zero attached hydrogens (tertiary/aromatic N) is 4. The maximum atomic E-state index is 13.3. The van der Waals surface area contributed by atoms with E-state index in [9.17, 15) is 9.59 Å².